The minimum Gasteiger partial charge on any atom is -0.496 e. The van der Waals surface area contributed by atoms with Gasteiger partial charge in [-0.2, -0.15) is 0 Å². The van der Waals surface area contributed by atoms with Gasteiger partial charge in [-0.05, 0) is 43.2 Å². The molecular weight excluding hydrogens is 427 g/mol. The van der Waals surface area contributed by atoms with Crippen LogP contribution in [0.3, 0.4) is 0 Å². The molecule has 148 valence electrons. The molecule has 1 saturated heterocycles. The fourth-order valence-electron chi connectivity index (χ4n) is 3.39. The Kier molecular flexibility index (Phi) is 6.67. The van der Waals surface area contributed by atoms with Crippen molar-refractivity contribution in [2.45, 2.75) is 19.4 Å². The van der Waals surface area contributed by atoms with Crippen molar-refractivity contribution in [3.63, 3.8) is 0 Å². The van der Waals surface area contributed by atoms with E-state index in [4.69, 9.17) is 4.74 Å². The van der Waals surface area contributed by atoms with Gasteiger partial charge in [-0.1, -0.05) is 28.1 Å². The molecule has 1 fully saturated rings. The summed E-state index contributed by atoms with van der Waals surface area (Å²) in [6.07, 6.45) is 1.40. The van der Waals surface area contributed by atoms with Crippen LogP contribution in [0.5, 0.6) is 5.75 Å². The average molecular weight is 449 g/mol. The minimum atomic E-state index is -0.541. The zero-order valence-electron chi connectivity index (χ0n) is 15.6. The van der Waals surface area contributed by atoms with Gasteiger partial charge in [0.05, 0.1) is 18.6 Å². The van der Waals surface area contributed by atoms with E-state index >= 15 is 0 Å². The van der Waals surface area contributed by atoms with Crippen molar-refractivity contribution in [2.75, 3.05) is 20.2 Å². The molecule has 2 aromatic carbocycles. The van der Waals surface area contributed by atoms with Crippen molar-refractivity contribution in [3.05, 3.63) is 63.9 Å². The van der Waals surface area contributed by atoms with E-state index in [2.05, 4.69) is 21.2 Å². The average Bonchev–Trinajstić information content (AvgIpc) is 2.72. The molecular formula is C21H22BrFN2O3. The molecule has 0 bridgehead atoms. The van der Waals surface area contributed by atoms with Gasteiger partial charge in [-0.25, -0.2) is 4.39 Å². The van der Waals surface area contributed by atoms with Crippen LogP contribution in [-0.4, -0.2) is 36.9 Å². The second kappa shape index (κ2) is 9.19. The summed E-state index contributed by atoms with van der Waals surface area (Å²) in [6.45, 7) is 1.14. The Hall–Kier alpha value is -2.41. The summed E-state index contributed by atoms with van der Waals surface area (Å²) in [5, 5.41) is 2.93. The molecule has 0 spiro atoms. The summed E-state index contributed by atoms with van der Waals surface area (Å²) in [6, 6.07) is 11.5. The summed E-state index contributed by atoms with van der Waals surface area (Å²) in [5.41, 5.74) is 0.905. The van der Waals surface area contributed by atoms with E-state index < -0.39 is 5.82 Å². The molecule has 2 amide bonds. The van der Waals surface area contributed by atoms with E-state index in [1.807, 2.05) is 18.2 Å². The molecule has 1 aliphatic heterocycles. The lowest BCUT2D eigenvalue weighted by Crippen LogP contribution is -2.45. The van der Waals surface area contributed by atoms with Crippen LogP contribution < -0.4 is 10.1 Å². The largest absolute Gasteiger partial charge is 0.496 e. The van der Waals surface area contributed by atoms with Gasteiger partial charge in [-0.3, -0.25) is 9.59 Å². The molecule has 1 aliphatic rings. The smallest absolute Gasteiger partial charge is 0.256 e. The summed E-state index contributed by atoms with van der Waals surface area (Å²) in [5.74, 6) is -0.649. The Morgan fingerprint density at radius 3 is 2.82 bits per heavy atom. The number of carbonyl (C=O) groups excluding carboxylic acids is 2. The number of nitrogens with zero attached hydrogens (tertiary/aromatic N) is 1. The van der Waals surface area contributed by atoms with Gasteiger partial charge in [0.1, 0.15) is 11.6 Å². The normalized spacial score (nSPS) is 16.5. The number of halogens is 2. The molecule has 0 aliphatic carbocycles. The SMILES string of the molecule is COc1ccc(Br)cc1CNC(=O)[C@@H]1CCCN(C(=O)c2ccccc2F)C1. The lowest BCUT2D eigenvalue weighted by Gasteiger charge is -2.32. The first-order chi connectivity index (χ1) is 13.5. The van der Waals surface area contributed by atoms with E-state index in [9.17, 15) is 14.0 Å². The molecule has 7 heteroatoms. The Balaban J connectivity index is 1.63. The van der Waals surface area contributed by atoms with E-state index in [0.717, 1.165) is 10.0 Å². The Morgan fingerprint density at radius 2 is 2.07 bits per heavy atom. The van der Waals surface area contributed by atoms with E-state index in [1.54, 1.807) is 24.1 Å². The number of ether oxygens (including phenoxy) is 1. The second-order valence-corrected chi connectivity index (χ2v) is 7.66. The highest BCUT2D eigenvalue weighted by atomic mass is 79.9. The third-order valence-corrected chi connectivity index (χ3v) is 5.37. The van der Waals surface area contributed by atoms with Crippen LogP contribution in [-0.2, 0) is 11.3 Å². The lowest BCUT2D eigenvalue weighted by molar-refractivity contribution is -0.126. The Labute approximate surface area is 172 Å². The van der Waals surface area contributed by atoms with Crippen LogP contribution >= 0.6 is 15.9 Å². The van der Waals surface area contributed by atoms with Gasteiger partial charge >= 0.3 is 0 Å². The van der Waals surface area contributed by atoms with Gasteiger partial charge in [0, 0.05) is 29.7 Å². The van der Waals surface area contributed by atoms with E-state index in [-0.39, 0.29) is 29.8 Å². The van der Waals surface area contributed by atoms with Crippen molar-refractivity contribution in [2.24, 2.45) is 5.92 Å². The highest BCUT2D eigenvalue weighted by Gasteiger charge is 2.29. The fraction of sp³-hybridized carbons (Fsp3) is 0.333. The first kappa shape index (κ1) is 20.3. The quantitative estimate of drug-likeness (QED) is 0.757. The summed E-state index contributed by atoms with van der Waals surface area (Å²) in [4.78, 5) is 26.8. The van der Waals surface area contributed by atoms with Crippen LogP contribution in [0.15, 0.2) is 46.9 Å². The fourth-order valence-corrected chi connectivity index (χ4v) is 3.80. The second-order valence-electron chi connectivity index (χ2n) is 6.74. The van der Waals surface area contributed by atoms with Gasteiger partial charge in [-0.15, -0.1) is 0 Å². The molecule has 0 aromatic heterocycles. The highest BCUT2D eigenvalue weighted by molar-refractivity contribution is 9.10. The third kappa shape index (κ3) is 4.70. The molecule has 0 unspecified atom stereocenters. The zero-order chi connectivity index (χ0) is 20.1. The summed E-state index contributed by atoms with van der Waals surface area (Å²) >= 11 is 3.42. The van der Waals surface area contributed by atoms with Crippen molar-refractivity contribution >= 4 is 27.7 Å². The number of hydrogen-bond acceptors (Lipinski definition) is 3. The van der Waals surface area contributed by atoms with E-state index in [1.165, 1.54) is 12.1 Å². The minimum absolute atomic E-state index is 0.0439. The van der Waals surface area contributed by atoms with Crippen LogP contribution in [0, 0.1) is 11.7 Å². The van der Waals surface area contributed by atoms with Crippen molar-refractivity contribution < 1.29 is 18.7 Å². The lowest BCUT2D eigenvalue weighted by atomic mass is 9.96. The number of benzene rings is 2. The van der Waals surface area contributed by atoms with Crippen LogP contribution in [0.2, 0.25) is 0 Å². The molecule has 0 radical (unpaired) electrons. The zero-order valence-corrected chi connectivity index (χ0v) is 17.2. The number of nitrogens with one attached hydrogen (secondary N) is 1. The molecule has 1 N–H and O–H groups in total. The number of hydrogen-bond donors (Lipinski definition) is 1. The Morgan fingerprint density at radius 1 is 1.29 bits per heavy atom. The van der Waals surface area contributed by atoms with Gasteiger partial charge in [0.15, 0.2) is 0 Å². The van der Waals surface area contributed by atoms with Crippen LogP contribution in [0.1, 0.15) is 28.8 Å². The number of methoxy groups -OCH3 is 1. The molecule has 5 nitrogen and oxygen atoms in total. The van der Waals surface area contributed by atoms with Gasteiger partial charge in [0.2, 0.25) is 5.91 Å². The van der Waals surface area contributed by atoms with Crippen molar-refractivity contribution in [1.82, 2.24) is 10.2 Å². The van der Waals surface area contributed by atoms with Crippen LogP contribution in [0.25, 0.3) is 0 Å². The number of carbonyl (C=O) groups is 2. The number of rotatable bonds is 5. The van der Waals surface area contributed by atoms with Crippen molar-refractivity contribution in [3.8, 4) is 5.75 Å². The third-order valence-electron chi connectivity index (χ3n) is 4.88. The van der Waals surface area contributed by atoms with Crippen molar-refractivity contribution in [1.29, 1.82) is 0 Å². The summed E-state index contributed by atoms with van der Waals surface area (Å²) < 4.78 is 20.1. The number of amides is 2. The Bertz CT molecular complexity index is 874. The van der Waals surface area contributed by atoms with Crippen LogP contribution in [0.4, 0.5) is 4.39 Å². The van der Waals surface area contributed by atoms with Gasteiger partial charge < -0.3 is 15.0 Å². The van der Waals surface area contributed by atoms with E-state index in [0.29, 0.717) is 31.7 Å². The maximum atomic E-state index is 13.9. The molecule has 1 heterocycles. The molecule has 0 saturated carbocycles. The first-order valence-electron chi connectivity index (χ1n) is 9.13. The van der Waals surface area contributed by atoms with Gasteiger partial charge in [0.25, 0.3) is 5.91 Å². The molecule has 1 atom stereocenters. The molecule has 3 rings (SSSR count). The maximum absolute atomic E-state index is 13.9. The molecule has 2 aromatic rings. The topological polar surface area (TPSA) is 58.6 Å². The summed E-state index contributed by atoms with van der Waals surface area (Å²) in [7, 11) is 1.59. The monoisotopic (exact) mass is 448 g/mol. The standard InChI is InChI=1S/C21H22BrFN2O3/c1-28-19-9-8-16(22)11-15(19)12-24-20(26)14-5-4-10-25(13-14)21(27)17-6-2-3-7-18(17)23/h2-3,6-9,11,14H,4-5,10,12-13H2,1H3,(H,24,26)/t14-/m1/s1. The highest BCUT2D eigenvalue weighted by Crippen LogP contribution is 2.24. The first-order valence-corrected chi connectivity index (χ1v) is 9.93. The number of piperidine rings is 1. The molecule has 28 heavy (non-hydrogen) atoms. The maximum Gasteiger partial charge on any atom is 0.256 e. The predicted molar refractivity (Wildman–Crippen MR) is 108 cm³/mol. The predicted octanol–water partition coefficient (Wildman–Crippen LogP) is 3.77. The number of likely N-dealkylation sites (tertiary alicyclic amines) is 1.